The number of urea groups is 1. The Morgan fingerprint density at radius 1 is 1.40 bits per heavy atom. The van der Waals surface area contributed by atoms with Crippen LogP contribution in [0.2, 0.25) is 0 Å². The molecule has 0 bridgehead atoms. The third-order valence-corrected chi connectivity index (χ3v) is 1.96. The smallest absolute Gasteiger partial charge is 0.320 e. The van der Waals surface area contributed by atoms with Crippen LogP contribution in [-0.2, 0) is 4.79 Å². The molecule has 0 aromatic carbocycles. The van der Waals surface area contributed by atoms with Gasteiger partial charge in [0.15, 0.2) is 0 Å². The van der Waals surface area contributed by atoms with Gasteiger partial charge in [-0.15, -0.1) is 0 Å². The predicted octanol–water partition coefficient (Wildman–Crippen LogP) is -0.112. The normalized spacial score (nSPS) is 12.1. The minimum absolute atomic E-state index is 0.339. The summed E-state index contributed by atoms with van der Waals surface area (Å²) in [5, 5.41) is 14.1. The van der Waals surface area contributed by atoms with Gasteiger partial charge in [-0.25, -0.2) is 4.79 Å². The minimum Gasteiger partial charge on any atom is -0.480 e. The lowest BCUT2D eigenvalue weighted by molar-refractivity contribution is -0.139. The number of carboxylic acids is 1. The molecule has 6 heteroatoms. The highest BCUT2D eigenvalue weighted by molar-refractivity contribution is 5.73. The van der Waals surface area contributed by atoms with Crippen molar-refractivity contribution in [2.45, 2.75) is 32.2 Å². The molecule has 0 saturated carbocycles. The van der Waals surface area contributed by atoms with Gasteiger partial charge in [-0.1, -0.05) is 19.8 Å². The number of carboxylic acid groups (broad SMARTS) is 1. The van der Waals surface area contributed by atoms with Gasteiger partial charge in [0, 0.05) is 13.1 Å². The Morgan fingerprint density at radius 3 is 2.53 bits per heavy atom. The van der Waals surface area contributed by atoms with Crippen molar-refractivity contribution in [1.82, 2.24) is 10.6 Å². The van der Waals surface area contributed by atoms with Crippen molar-refractivity contribution >= 4 is 12.0 Å². The molecule has 0 rings (SSSR count). The molecule has 15 heavy (non-hydrogen) atoms. The molecule has 88 valence electrons. The molecule has 0 aromatic rings. The van der Waals surface area contributed by atoms with Crippen LogP contribution < -0.4 is 16.4 Å². The molecule has 0 saturated heterocycles. The van der Waals surface area contributed by atoms with Crippen molar-refractivity contribution in [1.29, 1.82) is 0 Å². The number of aliphatic carboxylic acids is 1. The van der Waals surface area contributed by atoms with E-state index in [1.807, 2.05) is 6.92 Å². The van der Waals surface area contributed by atoms with Crippen LogP contribution in [0.4, 0.5) is 4.79 Å². The summed E-state index contributed by atoms with van der Waals surface area (Å²) in [5.74, 6) is -0.859. The maximum Gasteiger partial charge on any atom is 0.320 e. The molecule has 0 fully saturated rings. The lowest BCUT2D eigenvalue weighted by atomic mass is 10.1. The number of nitrogens with one attached hydrogen (secondary N) is 2. The van der Waals surface area contributed by atoms with E-state index in [-0.39, 0.29) is 0 Å². The molecule has 2 amide bonds. The number of primary amides is 1. The lowest BCUT2D eigenvalue weighted by Gasteiger charge is -2.13. The number of amides is 2. The zero-order valence-electron chi connectivity index (χ0n) is 8.95. The van der Waals surface area contributed by atoms with Crippen molar-refractivity contribution < 1.29 is 14.7 Å². The minimum atomic E-state index is -0.859. The van der Waals surface area contributed by atoms with E-state index in [4.69, 9.17) is 10.8 Å². The molecular weight excluding hydrogens is 198 g/mol. The van der Waals surface area contributed by atoms with Crippen molar-refractivity contribution in [2.75, 3.05) is 13.1 Å². The molecule has 1 atom stereocenters. The maximum absolute atomic E-state index is 10.8. The predicted molar refractivity (Wildman–Crippen MR) is 56.5 cm³/mol. The zero-order valence-corrected chi connectivity index (χ0v) is 8.95. The fourth-order valence-electron chi connectivity index (χ4n) is 1.15. The van der Waals surface area contributed by atoms with E-state index in [0.717, 1.165) is 12.8 Å². The number of unbranched alkanes of at least 4 members (excludes halogenated alkanes) is 1. The van der Waals surface area contributed by atoms with Crippen LogP contribution in [0.1, 0.15) is 26.2 Å². The quantitative estimate of drug-likeness (QED) is 0.426. The first-order valence-electron chi connectivity index (χ1n) is 5.07. The van der Waals surface area contributed by atoms with Gasteiger partial charge in [-0.2, -0.15) is 0 Å². The Labute approximate surface area is 89.2 Å². The van der Waals surface area contributed by atoms with Crippen LogP contribution in [0.5, 0.6) is 0 Å². The molecule has 0 heterocycles. The van der Waals surface area contributed by atoms with Gasteiger partial charge in [-0.3, -0.25) is 4.79 Å². The van der Waals surface area contributed by atoms with E-state index in [0.29, 0.717) is 19.5 Å². The van der Waals surface area contributed by atoms with E-state index in [2.05, 4.69) is 10.6 Å². The Morgan fingerprint density at radius 2 is 2.07 bits per heavy atom. The van der Waals surface area contributed by atoms with Crippen molar-refractivity contribution in [3.63, 3.8) is 0 Å². The van der Waals surface area contributed by atoms with Crippen LogP contribution in [0.15, 0.2) is 0 Å². The second-order valence-electron chi connectivity index (χ2n) is 3.28. The van der Waals surface area contributed by atoms with E-state index >= 15 is 0 Å². The molecule has 0 aliphatic carbocycles. The number of rotatable bonds is 8. The number of nitrogens with two attached hydrogens (primary N) is 1. The maximum atomic E-state index is 10.8. The van der Waals surface area contributed by atoms with Crippen molar-refractivity contribution in [3.8, 4) is 0 Å². The summed E-state index contributed by atoms with van der Waals surface area (Å²) in [6.07, 6.45) is 2.43. The number of hydrogen-bond donors (Lipinski definition) is 4. The second kappa shape index (κ2) is 8.05. The summed E-state index contributed by atoms with van der Waals surface area (Å²) < 4.78 is 0. The first-order valence-corrected chi connectivity index (χ1v) is 5.07. The van der Waals surface area contributed by atoms with E-state index in [9.17, 15) is 9.59 Å². The summed E-state index contributed by atoms with van der Waals surface area (Å²) in [4.78, 5) is 21.1. The molecule has 0 aliphatic heterocycles. The fraction of sp³-hybridized carbons (Fsp3) is 0.778. The molecule has 5 N–H and O–H groups in total. The molecular formula is C9H19N3O3. The van der Waals surface area contributed by atoms with Crippen LogP contribution in [0.3, 0.4) is 0 Å². The average Bonchev–Trinajstić information content (AvgIpc) is 2.15. The molecule has 1 unspecified atom stereocenters. The zero-order chi connectivity index (χ0) is 11.7. The average molecular weight is 217 g/mol. The van der Waals surface area contributed by atoms with Gasteiger partial charge < -0.3 is 21.5 Å². The van der Waals surface area contributed by atoms with Gasteiger partial charge >= 0.3 is 12.0 Å². The largest absolute Gasteiger partial charge is 0.480 e. The highest BCUT2D eigenvalue weighted by Crippen LogP contribution is 2.00. The van der Waals surface area contributed by atoms with Gasteiger partial charge in [0.1, 0.15) is 6.04 Å². The van der Waals surface area contributed by atoms with E-state index in [1.165, 1.54) is 0 Å². The molecule has 6 nitrogen and oxygen atoms in total. The summed E-state index contributed by atoms with van der Waals surface area (Å²) in [6.45, 7) is 2.75. The molecule has 0 radical (unpaired) electrons. The lowest BCUT2D eigenvalue weighted by Crippen LogP contribution is -2.42. The van der Waals surface area contributed by atoms with Gasteiger partial charge in [0.05, 0.1) is 0 Å². The Balaban J connectivity index is 3.66. The molecule has 0 aliphatic rings. The Kier molecular flexibility index (Phi) is 7.35. The Hall–Kier alpha value is -1.30. The first-order chi connectivity index (χ1) is 7.07. The highest BCUT2D eigenvalue weighted by Gasteiger charge is 2.14. The van der Waals surface area contributed by atoms with E-state index in [1.54, 1.807) is 0 Å². The van der Waals surface area contributed by atoms with Gasteiger partial charge in [0.25, 0.3) is 0 Å². The molecule has 0 aromatic heterocycles. The highest BCUT2D eigenvalue weighted by atomic mass is 16.4. The van der Waals surface area contributed by atoms with Crippen LogP contribution >= 0.6 is 0 Å². The third-order valence-electron chi connectivity index (χ3n) is 1.96. The van der Waals surface area contributed by atoms with Crippen LogP contribution in [0.25, 0.3) is 0 Å². The topological polar surface area (TPSA) is 104 Å². The second-order valence-corrected chi connectivity index (χ2v) is 3.28. The van der Waals surface area contributed by atoms with Gasteiger partial charge in [0.2, 0.25) is 0 Å². The Bertz CT molecular complexity index is 209. The molecule has 0 spiro atoms. The number of carbonyl (C=O) groups excluding carboxylic acids is 1. The monoisotopic (exact) mass is 217 g/mol. The number of carbonyl (C=O) groups is 2. The third kappa shape index (κ3) is 7.75. The van der Waals surface area contributed by atoms with Crippen LogP contribution in [-0.4, -0.2) is 36.2 Å². The standard InChI is InChI=1S/C9H19N3O3/c1-2-3-4-7(8(13)14)11-5-6-12-9(10)15/h7,11H,2-6H2,1H3,(H,13,14)(H3,10,12,15). The number of hydrogen-bond acceptors (Lipinski definition) is 3. The fourth-order valence-corrected chi connectivity index (χ4v) is 1.15. The summed E-state index contributed by atoms with van der Waals surface area (Å²) in [6, 6.07) is -1.14. The van der Waals surface area contributed by atoms with Gasteiger partial charge in [-0.05, 0) is 6.42 Å². The van der Waals surface area contributed by atoms with Crippen LogP contribution in [0, 0.1) is 0 Å². The first kappa shape index (κ1) is 13.7. The summed E-state index contributed by atoms with van der Waals surface area (Å²) in [5.41, 5.74) is 4.86. The summed E-state index contributed by atoms with van der Waals surface area (Å²) >= 11 is 0. The summed E-state index contributed by atoms with van der Waals surface area (Å²) in [7, 11) is 0. The SMILES string of the molecule is CCCCC(NCCNC(N)=O)C(=O)O. The van der Waals surface area contributed by atoms with Crippen molar-refractivity contribution in [2.24, 2.45) is 5.73 Å². The van der Waals surface area contributed by atoms with E-state index < -0.39 is 18.0 Å². The van der Waals surface area contributed by atoms with Crippen molar-refractivity contribution in [3.05, 3.63) is 0 Å².